The maximum Gasteiger partial charge on any atom is 0.278 e. The summed E-state index contributed by atoms with van der Waals surface area (Å²) >= 11 is 0. The Labute approximate surface area is 135 Å². The number of nitrogens with two attached hydrogens (primary N) is 1. The summed E-state index contributed by atoms with van der Waals surface area (Å²) in [5.41, 5.74) is 6.04. The minimum atomic E-state index is -0.812. The molecule has 0 unspecified atom stereocenters. The zero-order valence-electron chi connectivity index (χ0n) is 12.2. The molecule has 3 rings (SSSR count). The Bertz CT molecular complexity index is 902. The number of rotatable bonds is 3. The number of aromatic nitrogens is 3. The molecule has 1 aromatic carbocycles. The second-order valence-corrected chi connectivity index (χ2v) is 4.81. The van der Waals surface area contributed by atoms with Crippen molar-refractivity contribution in [2.24, 2.45) is 0 Å². The molecule has 120 valence electrons. The molecule has 0 atom stereocenters. The van der Waals surface area contributed by atoms with Crippen molar-refractivity contribution in [3.05, 3.63) is 66.3 Å². The summed E-state index contributed by atoms with van der Waals surface area (Å²) < 4.78 is 26.9. The number of anilines is 2. The van der Waals surface area contributed by atoms with E-state index in [2.05, 4.69) is 20.3 Å². The smallest absolute Gasteiger partial charge is 0.278 e. The van der Waals surface area contributed by atoms with Crippen LogP contribution in [0.2, 0.25) is 0 Å². The summed E-state index contributed by atoms with van der Waals surface area (Å²) in [5.74, 6) is -2.25. The zero-order valence-corrected chi connectivity index (χ0v) is 12.2. The fourth-order valence-electron chi connectivity index (χ4n) is 2.02. The van der Waals surface area contributed by atoms with Gasteiger partial charge in [-0.2, -0.15) is 0 Å². The number of halogens is 2. The normalized spacial score (nSPS) is 10.4. The van der Waals surface area contributed by atoms with Gasteiger partial charge in [-0.1, -0.05) is 0 Å². The van der Waals surface area contributed by atoms with Crippen LogP contribution in [0.3, 0.4) is 0 Å². The quantitative estimate of drug-likeness (QED) is 0.771. The number of carbonyl (C=O) groups is 1. The third-order valence-corrected chi connectivity index (χ3v) is 3.14. The molecule has 0 aliphatic carbocycles. The molecule has 6 nitrogen and oxygen atoms in total. The van der Waals surface area contributed by atoms with E-state index in [0.717, 1.165) is 12.1 Å². The average molecular weight is 327 g/mol. The Morgan fingerprint density at radius 1 is 1.17 bits per heavy atom. The zero-order chi connectivity index (χ0) is 17.1. The molecule has 0 aliphatic heterocycles. The molecule has 3 N–H and O–H groups in total. The highest BCUT2D eigenvalue weighted by molar-refractivity contribution is 6.05. The molecule has 8 heteroatoms. The van der Waals surface area contributed by atoms with E-state index in [4.69, 9.17) is 5.73 Å². The number of nitrogens with zero attached hydrogens (tertiary/aromatic N) is 3. The van der Waals surface area contributed by atoms with Gasteiger partial charge in [-0.05, 0) is 24.3 Å². The van der Waals surface area contributed by atoms with Crippen molar-refractivity contribution in [1.82, 2.24) is 15.0 Å². The second kappa shape index (κ2) is 6.37. The van der Waals surface area contributed by atoms with E-state index >= 15 is 0 Å². The van der Waals surface area contributed by atoms with Crippen LogP contribution in [0.4, 0.5) is 20.3 Å². The molecule has 0 spiro atoms. The SMILES string of the molecule is Nc1ncc(-c2ccc(F)cc2F)nc1C(=O)Nc1cccnc1. The van der Waals surface area contributed by atoms with Crippen LogP contribution in [-0.2, 0) is 0 Å². The van der Waals surface area contributed by atoms with E-state index in [0.29, 0.717) is 5.69 Å². The van der Waals surface area contributed by atoms with Gasteiger partial charge in [0.15, 0.2) is 11.5 Å². The number of pyridine rings is 1. The van der Waals surface area contributed by atoms with Gasteiger partial charge in [0, 0.05) is 17.8 Å². The molecule has 3 aromatic rings. The van der Waals surface area contributed by atoms with Crippen LogP contribution in [0, 0.1) is 11.6 Å². The van der Waals surface area contributed by atoms with E-state index in [1.54, 1.807) is 18.3 Å². The van der Waals surface area contributed by atoms with Crippen LogP contribution in [-0.4, -0.2) is 20.9 Å². The molecule has 0 aliphatic rings. The molecule has 2 aromatic heterocycles. The van der Waals surface area contributed by atoms with Crippen molar-refractivity contribution in [2.45, 2.75) is 0 Å². The highest BCUT2D eigenvalue weighted by atomic mass is 19.1. The van der Waals surface area contributed by atoms with Gasteiger partial charge in [0.25, 0.3) is 5.91 Å². The Kier molecular flexibility index (Phi) is 4.11. The Morgan fingerprint density at radius 3 is 2.71 bits per heavy atom. The van der Waals surface area contributed by atoms with Crippen LogP contribution in [0.1, 0.15) is 10.5 Å². The lowest BCUT2D eigenvalue weighted by molar-refractivity contribution is 0.102. The molecule has 0 fully saturated rings. The highest BCUT2D eigenvalue weighted by Crippen LogP contribution is 2.23. The van der Waals surface area contributed by atoms with Crippen LogP contribution in [0.5, 0.6) is 0 Å². The van der Waals surface area contributed by atoms with Crippen molar-refractivity contribution in [3.8, 4) is 11.3 Å². The molecule has 1 amide bonds. The lowest BCUT2D eigenvalue weighted by Crippen LogP contribution is -2.17. The predicted octanol–water partition coefficient (Wildman–Crippen LogP) is 2.65. The topological polar surface area (TPSA) is 93.8 Å². The van der Waals surface area contributed by atoms with E-state index in [-0.39, 0.29) is 22.8 Å². The summed E-state index contributed by atoms with van der Waals surface area (Å²) in [4.78, 5) is 24.1. The van der Waals surface area contributed by atoms with Gasteiger partial charge in [0.1, 0.15) is 11.6 Å². The molecule has 0 bridgehead atoms. The Balaban J connectivity index is 1.95. The van der Waals surface area contributed by atoms with E-state index in [1.165, 1.54) is 18.5 Å². The van der Waals surface area contributed by atoms with Crippen molar-refractivity contribution in [2.75, 3.05) is 11.1 Å². The molecule has 0 radical (unpaired) electrons. The van der Waals surface area contributed by atoms with Crippen LogP contribution in [0.25, 0.3) is 11.3 Å². The number of hydrogen-bond donors (Lipinski definition) is 2. The summed E-state index contributed by atoms with van der Waals surface area (Å²) in [6.45, 7) is 0. The Hall–Kier alpha value is -3.42. The van der Waals surface area contributed by atoms with Gasteiger partial charge in [-0.15, -0.1) is 0 Å². The Morgan fingerprint density at radius 2 is 2.00 bits per heavy atom. The standard InChI is InChI=1S/C16H11F2N5O/c17-9-3-4-11(12(18)6-9)13-8-21-15(19)14(23-13)16(24)22-10-2-1-5-20-7-10/h1-8H,(H2,19,21)(H,22,24). The fourth-order valence-corrected chi connectivity index (χ4v) is 2.02. The van der Waals surface area contributed by atoms with Crippen LogP contribution < -0.4 is 11.1 Å². The van der Waals surface area contributed by atoms with Gasteiger partial charge < -0.3 is 11.1 Å². The summed E-state index contributed by atoms with van der Waals surface area (Å²) in [6.07, 6.45) is 4.22. The van der Waals surface area contributed by atoms with Crippen LogP contribution in [0.15, 0.2) is 48.9 Å². The van der Waals surface area contributed by atoms with Crippen molar-refractivity contribution in [3.63, 3.8) is 0 Å². The number of nitrogen functional groups attached to an aromatic ring is 1. The van der Waals surface area contributed by atoms with E-state index < -0.39 is 17.5 Å². The lowest BCUT2D eigenvalue weighted by atomic mass is 10.1. The first-order chi connectivity index (χ1) is 11.5. The molecular formula is C16H11F2N5O. The van der Waals surface area contributed by atoms with Gasteiger partial charge in [-0.25, -0.2) is 18.7 Å². The maximum atomic E-state index is 13.9. The van der Waals surface area contributed by atoms with E-state index in [9.17, 15) is 13.6 Å². The minimum Gasteiger partial charge on any atom is -0.382 e. The first-order valence-electron chi connectivity index (χ1n) is 6.84. The third-order valence-electron chi connectivity index (χ3n) is 3.14. The molecule has 0 saturated heterocycles. The summed E-state index contributed by atoms with van der Waals surface area (Å²) in [7, 11) is 0. The summed E-state index contributed by atoms with van der Waals surface area (Å²) in [5, 5.41) is 2.56. The van der Waals surface area contributed by atoms with Gasteiger partial charge >= 0.3 is 0 Å². The largest absolute Gasteiger partial charge is 0.382 e. The van der Waals surface area contributed by atoms with Crippen molar-refractivity contribution >= 4 is 17.4 Å². The fraction of sp³-hybridized carbons (Fsp3) is 0. The third kappa shape index (κ3) is 3.17. The predicted molar refractivity (Wildman–Crippen MR) is 84.0 cm³/mol. The first kappa shape index (κ1) is 15.5. The maximum absolute atomic E-state index is 13.9. The van der Waals surface area contributed by atoms with Crippen LogP contribution >= 0.6 is 0 Å². The minimum absolute atomic E-state index is 0.0133. The molecule has 24 heavy (non-hydrogen) atoms. The van der Waals surface area contributed by atoms with Gasteiger partial charge in [0.2, 0.25) is 0 Å². The highest BCUT2D eigenvalue weighted by Gasteiger charge is 2.16. The number of amides is 1. The number of hydrogen-bond acceptors (Lipinski definition) is 5. The number of benzene rings is 1. The van der Waals surface area contributed by atoms with Gasteiger partial charge in [0.05, 0.1) is 23.8 Å². The van der Waals surface area contributed by atoms with Gasteiger partial charge in [-0.3, -0.25) is 9.78 Å². The van der Waals surface area contributed by atoms with Crippen molar-refractivity contribution in [1.29, 1.82) is 0 Å². The summed E-state index contributed by atoms with van der Waals surface area (Å²) in [6, 6.07) is 6.31. The lowest BCUT2D eigenvalue weighted by Gasteiger charge is -2.08. The monoisotopic (exact) mass is 327 g/mol. The second-order valence-electron chi connectivity index (χ2n) is 4.81. The van der Waals surface area contributed by atoms with E-state index in [1.807, 2.05) is 0 Å². The number of carbonyl (C=O) groups excluding carboxylic acids is 1. The molecule has 0 saturated carbocycles. The molecular weight excluding hydrogens is 316 g/mol. The van der Waals surface area contributed by atoms with Crippen molar-refractivity contribution < 1.29 is 13.6 Å². The molecule has 2 heterocycles. The average Bonchev–Trinajstić information content (AvgIpc) is 2.56. The first-order valence-corrected chi connectivity index (χ1v) is 6.84. The number of nitrogens with one attached hydrogen (secondary N) is 1.